The second-order valence-corrected chi connectivity index (χ2v) is 5.41. The Bertz CT molecular complexity index is 583. The minimum atomic E-state index is -0.479. The molecule has 0 bridgehead atoms. The molecule has 1 heterocycles. The molecular formula is C12H11BrN2O2S. The van der Waals surface area contributed by atoms with Gasteiger partial charge in [-0.2, -0.15) is 0 Å². The molecule has 2 aromatic rings. The number of anilines is 1. The van der Waals surface area contributed by atoms with Crippen molar-refractivity contribution in [2.75, 3.05) is 12.3 Å². The molecule has 0 aliphatic heterocycles. The van der Waals surface area contributed by atoms with Crippen molar-refractivity contribution in [3.05, 3.63) is 34.4 Å². The third kappa shape index (κ3) is 2.70. The van der Waals surface area contributed by atoms with Gasteiger partial charge in [-0.1, -0.05) is 39.4 Å². The average Bonchev–Trinajstić information content (AvgIpc) is 2.72. The quantitative estimate of drug-likeness (QED) is 0.878. The lowest BCUT2D eigenvalue weighted by atomic mass is 10.2. The summed E-state index contributed by atoms with van der Waals surface area (Å²) in [5.41, 5.74) is 6.90. The van der Waals surface area contributed by atoms with E-state index in [2.05, 4.69) is 20.9 Å². The number of benzene rings is 1. The predicted molar refractivity (Wildman–Crippen MR) is 75.6 cm³/mol. The molecule has 1 aromatic carbocycles. The van der Waals surface area contributed by atoms with E-state index < -0.39 is 5.97 Å². The Morgan fingerprint density at radius 2 is 2.33 bits per heavy atom. The molecule has 0 atom stereocenters. The van der Waals surface area contributed by atoms with E-state index >= 15 is 0 Å². The fourth-order valence-corrected chi connectivity index (χ4v) is 2.64. The monoisotopic (exact) mass is 326 g/mol. The summed E-state index contributed by atoms with van der Waals surface area (Å²) in [6.07, 6.45) is 0. The number of hydrogen-bond acceptors (Lipinski definition) is 5. The summed E-state index contributed by atoms with van der Waals surface area (Å²) in [6, 6.07) is 7.67. The van der Waals surface area contributed by atoms with Crippen LogP contribution in [0.4, 0.5) is 5.00 Å². The summed E-state index contributed by atoms with van der Waals surface area (Å²) >= 11 is 4.67. The molecule has 2 N–H and O–H groups in total. The molecule has 0 amide bonds. The summed E-state index contributed by atoms with van der Waals surface area (Å²) in [5.74, 6) is -0.479. The third-order valence-corrected chi connectivity index (χ3v) is 3.62. The van der Waals surface area contributed by atoms with Gasteiger partial charge in [0.05, 0.1) is 6.61 Å². The van der Waals surface area contributed by atoms with Crippen molar-refractivity contribution in [3.63, 3.8) is 0 Å². The van der Waals surface area contributed by atoms with E-state index in [9.17, 15) is 4.79 Å². The van der Waals surface area contributed by atoms with Crippen LogP contribution in [0.5, 0.6) is 0 Å². The van der Waals surface area contributed by atoms with Crippen molar-refractivity contribution < 1.29 is 9.53 Å². The SMILES string of the molecule is CCOC(=O)c1nc(-c2cccc(Br)c2)sc1N. The number of halogens is 1. The van der Waals surface area contributed by atoms with Gasteiger partial charge in [-0.05, 0) is 19.1 Å². The molecule has 0 fully saturated rings. The summed E-state index contributed by atoms with van der Waals surface area (Å²) in [4.78, 5) is 15.8. The van der Waals surface area contributed by atoms with E-state index in [1.807, 2.05) is 24.3 Å². The molecule has 0 radical (unpaired) electrons. The first-order valence-corrected chi connectivity index (χ1v) is 6.92. The van der Waals surface area contributed by atoms with Crippen LogP contribution < -0.4 is 5.73 Å². The minimum Gasteiger partial charge on any atom is -0.461 e. The zero-order valence-electron chi connectivity index (χ0n) is 9.64. The first-order chi connectivity index (χ1) is 8.61. The Morgan fingerprint density at radius 1 is 1.56 bits per heavy atom. The van der Waals surface area contributed by atoms with E-state index in [0.717, 1.165) is 10.0 Å². The second-order valence-electron chi connectivity index (χ2n) is 3.46. The Labute approximate surface area is 117 Å². The number of ether oxygens (including phenoxy) is 1. The van der Waals surface area contributed by atoms with E-state index in [0.29, 0.717) is 16.6 Å². The highest BCUT2D eigenvalue weighted by Crippen LogP contribution is 2.31. The van der Waals surface area contributed by atoms with E-state index in [-0.39, 0.29) is 5.69 Å². The molecule has 1 aromatic heterocycles. The van der Waals surface area contributed by atoms with Gasteiger partial charge in [0.1, 0.15) is 10.0 Å². The number of carbonyl (C=O) groups is 1. The van der Waals surface area contributed by atoms with Crippen LogP contribution >= 0.6 is 27.3 Å². The molecule has 94 valence electrons. The third-order valence-electron chi connectivity index (χ3n) is 2.19. The van der Waals surface area contributed by atoms with Gasteiger partial charge >= 0.3 is 5.97 Å². The van der Waals surface area contributed by atoms with Gasteiger partial charge in [-0.3, -0.25) is 0 Å². The van der Waals surface area contributed by atoms with Crippen molar-refractivity contribution in [2.24, 2.45) is 0 Å². The maximum Gasteiger partial charge on any atom is 0.360 e. The minimum absolute atomic E-state index is 0.192. The Hall–Kier alpha value is -1.40. The van der Waals surface area contributed by atoms with Crippen molar-refractivity contribution in [1.29, 1.82) is 0 Å². The van der Waals surface area contributed by atoms with Crippen LogP contribution in [0.15, 0.2) is 28.7 Å². The smallest absolute Gasteiger partial charge is 0.360 e. The summed E-state index contributed by atoms with van der Waals surface area (Å²) in [5, 5.41) is 1.08. The highest BCUT2D eigenvalue weighted by molar-refractivity contribution is 9.10. The predicted octanol–water partition coefficient (Wildman–Crippen LogP) is 3.33. The topological polar surface area (TPSA) is 65.2 Å². The summed E-state index contributed by atoms with van der Waals surface area (Å²) < 4.78 is 5.85. The molecule has 0 spiro atoms. The van der Waals surface area contributed by atoms with E-state index in [1.54, 1.807) is 6.92 Å². The normalized spacial score (nSPS) is 10.3. The number of carbonyl (C=O) groups excluding carboxylic acids is 1. The van der Waals surface area contributed by atoms with Crippen LogP contribution in [0.1, 0.15) is 17.4 Å². The molecule has 6 heteroatoms. The lowest BCUT2D eigenvalue weighted by Crippen LogP contribution is -2.07. The number of hydrogen-bond donors (Lipinski definition) is 1. The Kier molecular flexibility index (Phi) is 3.98. The zero-order chi connectivity index (χ0) is 13.1. The van der Waals surface area contributed by atoms with E-state index in [1.165, 1.54) is 11.3 Å². The second kappa shape index (κ2) is 5.49. The molecule has 0 aliphatic rings. The van der Waals surface area contributed by atoms with Gasteiger partial charge < -0.3 is 10.5 Å². The van der Waals surface area contributed by atoms with Crippen LogP contribution in [0.2, 0.25) is 0 Å². The van der Waals surface area contributed by atoms with E-state index in [4.69, 9.17) is 10.5 Å². The highest BCUT2D eigenvalue weighted by Gasteiger charge is 2.18. The van der Waals surface area contributed by atoms with Crippen molar-refractivity contribution in [2.45, 2.75) is 6.92 Å². The zero-order valence-corrected chi connectivity index (χ0v) is 12.0. The fourth-order valence-electron chi connectivity index (χ4n) is 1.42. The Balaban J connectivity index is 2.37. The summed E-state index contributed by atoms with van der Waals surface area (Å²) in [7, 11) is 0. The van der Waals surface area contributed by atoms with Gasteiger partial charge in [0.2, 0.25) is 0 Å². The van der Waals surface area contributed by atoms with Gasteiger partial charge in [-0.15, -0.1) is 0 Å². The largest absolute Gasteiger partial charge is 0.461 e. The van der Waals surface area contributed by atoms with Gasteiger partial charge in [-0.25, -0.2) is 9.78 Å². The number of nitrogens with zero attached hydrogens (tertiary/aromatic N) is 1. The van der Waals surface area contributed by atoms with Gasteiger partial charge in [0.25, 0.3) is 0 Å². The Morgan fingerprint density at radius 3 is 3.00 bits per heavy atom. The van der Waals surface area contributed by atoms with Gasteiger partial charge in [0, 0.05) is 10.0 Å². The fraction of sp³-hybridized carbons (Fsp3) is 0.167. The molecular weight excluding hydrogens is 316 g/mol. The maximum atomic E-state index is 11.6. The van der Waals surface area contributed by atoms with Crippen molar-refractivity contribution in [1.82, 2.24) is 4.98 Å². The molecule has 0 unspecified atom stereocenters. The molecule has 0 aliphatic carbocycles. The lowest BCUT2D eigenvalue weighted by Gasteiger charge is -1.98. The first kappa shape index (κ1) is 13.0. The number of thiazole rings is 1. The maximum absolute atomic E-state index is 11.6. The van der Waals surface area contributed by atoms with Crippen LogP contribution in [0.3, 0.4) is 0 Å². The molecule has 0 saturated heterocycles. The number of esters is 1. The first-order valence-electron chi connectivity index (χ1n) is 5.31. The van der Waals surface area contributed by atoms with Crippen LogP contribution in [0, 0.1) is 0 Å². The van der Waals surface area contributed by atoms with Crippen LogP contribution in [-0.4, -0.2) is 17.6 Å². The standard InChI is InChI=1S/C12H11BrN2O2S/c1-2-17-12(16)9-10(14)18-11(15-9)7-4-3-5-8(13)6-7/h3-6H,2,14H2,1H3. The lowest BCUT2D eigenvalue weighted by molar-refractivity contribution is 0.0522. The average molecular weight is 327 g/mol. The van der Waals surface area contributed by atoms with Crippen molar-refractivity contribution >= 4 is 38.2 Å². The van der Waals surface area contributed by atoms with Gasteiger partial charge in [0.15, 0.2) is 5.69 Å². The van der Waals surface area contributed by atoms with Crippen LogP contribution in [-0.2, 0) is 4.74 Å². The molecule has 4 nitrogen and oxygen atoms in total. The number of rotatable bonds is 3. The highest BCUT2D eigenvalue weighted by atomic mass is 79.9. The van der Waals surface area contributed by atoms with Crippen LogP contribution in [0.25, 0.3) is 10.6 Å². The molecule has 0 saturated carbocycles. The number of nitrogens with two attached hydrogens (primary N) is 1. The van der Waals surface area contributed by atoms with Crippen molar-refractivity contribution in [3.8, 4) is 10.6 Å². The summed E-state index contributed by atoms with van der Waals surface area (Å²) in [6.45, 7) is 2.05. The number of aromatic nitrogens is 1. The number of nitrogen functional groups attached to an aromatic ring is 1. The molecule has 18 heavy (non-hydrogen) atoms. The molecule has 2 rings (SSSR count).